The highest BCUT2D eigenvalue weighted by atomic mass is 32.2. The van der Waals surface area contributed by atoms with E-state index in [1.54, 1.807) is 0 Å². The molecule has 0 fully saturated rings. The summed E-state index contributed by atoms with van der Waals surface area (Å²) in [5, 5.41) is 0. The number of benzene rings is 1. The summed E-state index contributed by atoms with van der Waals surface area (Å²) >= 11 is 0. The predicted octanol–water partition coefficient (Wildman–Crippen LogP) is 2.10. The Kier molecular flexibility index (Phi) is 3.76. The van der Waals surface area contributed by atoms with Crippen molar-refractivity contribution in [1.29, 1.82) is 0 Å². The molecule has 1 aromatic rings. The van der Waals surface area contributed by atoms with Crippen LogP contribution in [0.2, 0.25) is 0 Å². The molecule has 0 aliphatic rings. The van der Waals surface area contributed by atoms with E-state index < -0.39 is 16.5 Å². The maximum Gasteiger partial charge on any atom is 0.264 e. The van der Waals surface area contributed by atoms with Gasteiger partial charge in [0.05, 0.1) is 12.9 Å². The normalized spacial score (nSPS) is 12.0. The highest BCUT2D eigenvalue weighted by molar-refractivity contribution is 7.85. The number of halogens is 2. The summed E-state index contributed by atoms with van der Waals surface area (Å²) in [5.74, 6) is 0. The van der Waals surface area contributed by atoms with Crippen molar-refractivity contribution in [1.82, 2.24) is 0 Å². The average molecular weight is 236 g/mol. The van der Waals surface area contributed by atoms with Crippen LogP contribution < -0.4 is 0 Å². The van der Waals surface area contributed by atoms with Crippen molar-refractivity contribution in [3.8, 4) is 0 Å². The van der Waals surface area contributed by atoms with Crippen molar-refractivity contribution >= 4 is 10.1 Å². The second kappa shape index (κ2) is 4.67. The summed E-state index contributed by atoms with van der Waals surface area (Å²) in [6.45, 7) is -0.223. The fourth-order valence-electron chi connectivity index (χ4n) is 0.994. The van der Waals surface area contributed by atoms with E-state index in [2.05, 4.69) is 4.18 Å². The third-order valence-electron chi connectivity index (χ3n) is 1.64. The molecule has 0 heterocycles. The average Bonchev–Trinajstić information content (AvgIpc) is 2.14. The first-order valence-corrected chi connectivity index (χ1v) is 5.91. The van der Waals surface area contributed by atoms with Gasteiger partial charge < -0.3 is 0 Å². The molecule has 1 rings (SSSR count). The molecule has 84 valence electrons. The quantitative estimate of drug-likeness (QED) is 0.752. The van der Waals surface area contributed by atoms with Gasteiger partial charge in [0.2, 0.25) is 0 Å². The Morgan fingerprint density at radius 3 is 2.60 bits per heavy atom. The van der Waals surface area contributed by atoms with E-state index >= 15 is 0 Å². The Morgan fingerprint density at radius 2 is 2.07 bits per heavy atom. The summed E-state index contributed by atoms with van der Waals surface area (Å²) in [6.07, 6.45) is -1.66. The molecular weight excluding hydrogens is 226 g/mol. The van der Waals surface area contributed by atoms with E-state index in [0.717, 1.165) is 6.26 Å². The summed E-state index contributed by atoms with van der Waals surface area (Å²) in [7, 11) is -3.54. The standard InChI is InChI=1S/C9H10F2O3S/c1-15(12,13)14-6-7-3-2-4-8(5-7)9(10)11/h2-5,9H,6H2,1H3. The van der Waals surface area contributed by atoms with E-state index in [1.807, 2.05) is 0 Å². The van der Waals surface area contributed by atoms with Crippen molar-refractivity contribution in [3.63, 3.8) is 0 Å². The van der Waals surface area contributed by atoms with E-state index in [1.165, 1.54) is 24.3 Å². The molecular formula is C9H10F2O3S. The minimum absolute atomic E-state index is 0.149. The second-order valence-corrected chi connectivity index (χ2v) is 4.66. The summed E-state index contributed by atoms with van der Waals surface area (Å²) < 4.78 is 50.3. The number of alkyl halides is 2. The van der Waals surface area contributed by atoms with Gasteiger partial charge in [-0.05, 0) is 11.6 Å². The molecule has 15 heavy (non-hydrogen) atoms. The van der Waals surface area contributed by atoms with Crippen LogP contribution in [0, 0.1) is 0 Å². The molecule has 0 aliphatic carbocycles. The van der Waals surface area contributed by atoms with Crippen molar-refractivity contribution in [2.75, 3.05) is 6.26 Å². The zero-order valence-corrected chi connectivity index (χ0v) is 8.80. The van der Waals surface area contributed by atoms with Gasteiger partial charge in [-0.15, -0.1) is 0 Å². The van der Waals surface area contributed by atoms with Gasteiger partial charge in [0.15, 0.2) is 0 Å². The molecule has 0 saturated heterocycles. The van der Waals surface area contributed by atoms with Crippen LogP contribution in [-0.2, 0) is 20.9 Å². The first kappa shape index (κ1) is 12.1. The summed E-state index contributed by atoms with van der Waals surface area (Å²) in [6, 6.07) is 5.45. The molecule has 0 radical (unpaired) electrons. The zero-order valence-electron chi connectivity index (χ0n) is 7.98. The van der Waals surface area contributed by atoms with Gasteiger partial charge in [-0.25, -0.2) is 8.78 Å². The first-order valence-electron chi connectivity index (χ1n) is 4.10. The van der Waals surface area contributed by atoms with Gasteiger partial charge in [0.25, 0.3) is 16.5 Å². The van der Waals surface area contributed by atoms with Crippen LogP contribution in [0.5, 0.6) is 0 Å². The molecule has 0 amide bonds. The molecule has 0 atom stereocenters. The second-order valence-electron chi connectivity index (χ2n) is 3.01. The topological polar surface area (TPSA) is 43.4 Å². The molecule has 0 spiro atoms. The zero-order chi connectivity index (χ0) is 11.5. The van der Waals surface area contributed by atoms with E-state index in [0.29, 0.717) is 5.56 Å². The monoisotopic (exact) mass is 236 g/mol. The fourth-order valence-corrected chi connectivity index (χ4v) is 1.34. The van der Waals surface area contributed by atoms with Crippen LogP contribution in [0.3, 0.4) is 0 Å². The smallest absolute Gasteiger partial charge is 0.264 e. The van der Waals surface area contributed by atoms with Gasteiger partial charge >= 0.3 is 0 Å². The molecule has 6 heteroatoms. The SMILES string of the molecule is CS(=O)(=O)OCc1cccc(C(F)F)c1. The summed E-state index contributed by atoms with van der Waals surface area (Å²) in [4.78, 5) is 0. The molecule has 0 unspecified atom stereocenters. The van der Waals surface area contributed by atoms with Crippen molar-refractivity contribution < 1.29 is 21.4 Å². The van der Waals surface area contributed by atoms with Gasteiger partial charge in [-0.3, -0.25) is 4.18 Å². The van der Waals surface area contributed by atoms with Crippen LogP contribution in [0.1, 0.15) is 17.6 Å². The maximum atomic E-state index is 12.3. The lowest BCUT2D eigenvalue weighted by atomic mass is 10.1. The van der Waals surface area contributed by atoms with E-state index in [9.17, 15) is 17.2 Å². The van der Waals surface area contributed by atoms with Crippen LogP contribution in [0.15, 0.2) is 24.3 Å². The number of hydrogen-bond donors (Lipinski definition) is 0. The van der Waals surface area contributed by atoms with E-state index in [-0.39, 0.29) is 12.2 Å². The lowest BCUT2D eigenvalue weighted by Gasteiger charge is -2.04. The third-order valence-corrected chi connectivity index (χ3v) is 2.19. The van der Waals surface area contributed by atoms with Gasteiger partial charge in [-0.2, -0.15) is 8.42 Å². The molecule has 0 aromatic heterocycles. The van der Waals surface area contributed by atoms with Gasteiger partial charge in [0.1, 0.15) is 0 Å². The maximum absolute atomic E-state index is 12.3. The highest BCUT2D eigenvalue weighted by Crippen LogP contribution is 2.19. The third kappa shape index (κ3) is 4.35. The molecule has 0 bridgehead atoms. The van der Waals surface area contributed by atoms with E-state index in [4.69, 9.17) is 0 Å². The number of hydrogen-bond acceptors (Lipinski definition) is 3. The minimum atomic E-state index is -3.54. The fraction of sp³-hybridized carbons (Fsp3) is 0.333. The largest absolute Gasteiger partial charge is 0.265 e. The lowest BCUT2D eigenvalue weighted by molar-refractivity contribution is 0.151. The van der Waals surface area contributed by atoms with Gasteiger partial charge in [0, 0.05) is 5.56 Å². The lowest BCUT2D eigenvalue weighted by Crippen LogP contribution is -2.02. The molecule has 0 saturated carbocycles. The Morgan fingerprint density at radius 1 is 1.40 bits per heavy atom. The molecule has 3 nitrogen and oxygen atoms in total. The van der Waals surface area contributed by atoms with Crippen LogP contribution >= 0.6 is 0 Å². The van der Waals surface area contributed by atoms with Crippen LogP contribution in [0.25, 0.3) is 0 Å². The van der Waals surface area contributed by atoms with Gasteiger partial charge in [-0.1, -0.05) is 18.2 Å². The Bertz CT molecular complexity index is 429. The Balaban J connectivity index is 2.74. The number of rotatable bonds is 4. The molecule has 0 N–H and O–H groups in total. The molecule has 1 aromatic carbocycles. The first-order chi connectivity index (χ1) is 6.88. The predicted molar refractivity (Wildman–Crippen MR) is 51.0 cm³/mol. The van der Waals surface area contributed by atoms with Crippen LogP contribution in [-0.4, -0.2) is 14.7 Å². The Hall–Kier alpha value is -1.01. The summed E-state index contributed by atoms with van der Waals surface area (Å²) in [5.41, 5.74) is 0.253. The van der Waals surface area contributed by atoms with Crippen LogP contribution in [0.4, 0.5) is 8.78 Å². The molecule has 0 aliphatic heterocycles. The Labute approximate surface area is 86.8 Å². The van der Waals surface area contributed by atoms with Crippen molar-refractivity contribution in [2.45, 2.75) is 13.0 Å². The van der Waals surface area contributed by atoms with Crippen molar-refractivity contribution in [3.05, 3.63) is 35.4 Å². The minimum Gasteiger partial charge on any atom is -0.265 e. The highest BCUT2D eigenvalue weighted by Gasteiger charge is 2.08. The van der Waals surface area contributed by atoms with Crippen molar-refractivity contribution in [2.24, 2.45) is 0 Å².